The summed E-state index contributed by atoms with van der Waals surface area (Å²) >= 11 is 0. The minimum absolute atomic E-state index is 0.0293. The molecular weight excluding hydrogens is 482 g/mol. The van der Waals surface area contributed by atoms with E-state index in [0.717, 1.165) is 5.56 Å². The number of esters is 1. The van der Waals surface area contributed by atoms with E-state index < -0.39 is 28.9 Å². The molecule has 0 spiro atoms. The fourth-order valence-corrected chi connectivity index (χ4v) is 4.56. The SMILES string of the molecule is CCOC(=O)/C(C)=C/[C@H](C(C)C)N(C)C(=O)[C@@H](NC(=O)[C@@H](NC)C(C)(C)c1cccc(OC)c1)C(C)(C)C. The van der Waals surface area contributed by atoms with Gasteiger partial charge >= 0.3 is 5.97 Å². The molecule has 214 valence electrons. The Morgan fingerprint density at radius 1 is 1.08 bits per heavy atom. The molecule has 0 aromatic heterocycles. The second kappa shape index (κ2) is 13.8. The highest BCUT2D eigenvalue weighted by molar-refractivity contribution is 5.92. The molecule has 2 N–H and O–H groups in total. The lowest BCUT2D eigenvalue weighted by Gasteiger charge is -2.40. The highest BCUT2D eigenvalue weighted by atomic mass is 16.5. The quantitative estimate of drug-likeness (QED) is 0.312. The standard InChI is InChI=1S/C30H49N3O5/c1-13-38-28(36)20(4)17-23(19(2)3)33(11)27(35)25(29(5,6)7)32-26(34)24(31-10)30(8,9)21-15-14-16-22(18-21)37-12/h14-19,23-25,31H,13H2,1-12H3,(H,32,34)/b20-17+/t23-,24-,25-/m1/s1. The predicted octanol–water partition coefficient (Wildman–Crippen LogP) is 4.08. The zero-order chi connectivity index (χ0) is 29.4. The smallest absolute Gasteiger partial charge is 0.333 e. The maximum atomic E-state index is 13.9. The number of carbonyl (C=O) groups is 3. The van der Waals surface area contributed by atoms with Gasteiger partial charge in [-0.15, -0.1) is 0 Å². The fraction of sp³-hybridized carbons (Fsp3) is 0.633. The summed E-state index contributed by atoms with van der Waals surface area (Å²) in [5.74, 6) is -0.174. The van der Waals surface area contributed by atoms with Crippen LogP contribution in [0.2, 0.25) is 0 Å². The summed E-state index contributed by atoms with van der Waals surface area (Å²) in [5, 5.41) is 6.20. The van der Waals surface area contributed by atoms with Crippen LogP contribution >= 0.6 is 0 Å². The van der Waals surface area contributed by atoms with Crippen molar-refractivity contribution in [3.63, 3.8) is 0 Å². The molecular formula is C30H49N3O5. The first kappa shape index (κ1) is 33.2. The first-order chi connectivity index (χ1) is 17.5. The largest absolute Gasteiger partial charge is 0.497 e. The normalized spacial score (nSPS) is 14.9. The minimum Gasteiger partial charge on any atom is -0.497 e. The Balaban J connectivity index is 3.33. The molecule has 0 saturated carbocycles. The number of hydrogen-bond acceptors (Lipinski definition) is 6. The average molecular weight is 532 g/mol. The lowest BCUT2D eigenvalue weighted by Crippen LogP contribution is -2.61. The number of rotatable bonds is 12. The van der Waals surface area contributed by atoms with Gasteiger partial charge in [0.05, 0.1) is 25.8 Å². The third-order valence-corrected chi connectivity index (χ3v) is 6.98. The van der Waals surface area contributed by atoms with Crippen molar-refractivity contribution in [3.8, 4) is 5.75 Å². The molecule has 0 radical (unpaired) electrons. The van der Waals surface area contributed by atoms with E-state index in [1.54, 1.807) is 46.0 Å². The van der Waals surface area contributed by atoms with Crippen molar-refractivity contribution in [2.45, 2.75) is 85.9 Å². The highest BCUT2D eigenvalue weighted by Crippen LogP contribution is 2.31. The number of methoxy groups -OCH3 is 1. The number of nitrogens with one attached hydrogen (secondary N) is 2. The molecule has 0 bridgehead atoms. The summed E-state index contributed by atoms with van der Waals surface area (Å²) in [7, 11) is 5.06. The number of hydrogen-bond donors (Lipinski definition) is 2. The Labute approximate surface area is 229 Å². The molecule has 3 atom stereocenters. The second-order valence-corrected chi connectivity index (χ2v) is 11.7. The predicted molar refractivity (Wildman–Crippen MR) is 152 cm³/mol. The van der Waals surface area contributed by atoms with E-state index in [4.69, 9.17) is 9.47 Å². The number of likely N-dealkylation sites (N-methyl/N-ethyl adjacent to an activating group) is 2. The molecule has 8 heteroatoms. The van der Waals surface area contributed by atoms with Crippen LogP contribution in [-0.4, -0.2) is 68.6 Å². The molecule has 0 saturated heterocycles. The lowest BCUT2D eigenvalue weighted by molar-refractivity contribution is -0.141. The van der Waals surface area contributed by atoms with Crippen molar-refractivity contribution in [2.24, 2.45) is 11.3 Å². The summed E-state index contributed by atoms with van der Waals surface area (Å²) < 4.78 is 10.5. The van der Waals surface area contributed by atoms with Crippen LogP contribution in [0.5, 0.6) is 5.75 Å². The van der Waals surface area contributed by atoms with Gasteiger partial charge in [0, 0.05) is 18.0 Å². The first-order valence-corrected chi connectivity index (χ1v) is 13.3. The summed E-state index contributed by atoms with van der Waals surface area (Å²) in [6, 6.07) is 5.87. The number of amides is 2. The van der Waals surface area contributed by atoms with Gasteiger partial charge in [0.2, 0.25) is 11.8 Å². The van der Waals surface area contributed by atoms with E-state index in [1.165, 1.54) is 0 Å². The number of nitrogens with zero attached hydrogens (tertiary/aromatic N) is 1. The van der Waals surface area contributed by atoms with Gasteiger partial charge in [0.1, 0.15) is 11.8 Å². The first-order valence-electron chi connectivity index (χ1n) is 13.3. The molecule has 1 aromatic carbocycles. The Bertz CT molecular complexity index is 994. The van der Waals surface area contributed by atoms with Crippen LogP contribution < -0.4 is 15.4 Å². The molecule has 0 unspecified atom stereocenters. The van der Waals surface area contributed by atoms with Crippen molar-refractivity contribution in [3.05, 3.63) is 41.5 Å². The van der Waals surface area contributed by atoms with Crippen LogP contribution in [0.1, 0.15) is 67.9 Å². The minimum atomic E-state index is -0.797. The third kappa shape index (κ3) is 8.32. The van der Waals surface area contributed by atoms with Crippen LogP contribution in [0.15, 0.2) is 35.9 Å². The Hall–Kier alpha value is -2.87. The van der Waals surface area contributed by atoms with E-state index >= 15 is 0 Å². The second-order valence-electron chi connectivity index (χ2n) is 11.7. The van der Waals surface area contributed by atoms with Crippen molar-refractivity contribution < 1.29 is 23.9 Å². The molecule has 0 aliphatic rings. The van der Waals surface area contributed by atoms with Gasteiger partial charge in [-0.25, -0.2) is 4.79 Å². The van der Waals surface area contributed by atoms with Crippen LogP contribution in [0, 0.1) is 11.3 Å². The van der Waals surface area contributed by atoms with Gasteiger partial charge in [0.15, 0.2) is 0 Å². The van der Waals surface area contributed by atoms with Gasteiger partial charge in [-0.1, -0.05) is 66.7 Å². The van der Waals surface area contributed by atoms with Gasteiger partial charge in [0.25, 0.3) is 0 Å². The fourth-order valence-electron chi connectivity index (χ4n) is 4.56. The van der Waals surface area contributed by atoms with Crippen LogP contribution in [0.3, 0.4) is 0 Å². The van der Waals surface area contributed by atoms with Gasteiger partial charge < -0.3 is 25.0 Å². The van der Waals surface area contributed by atoms with Crippen molar-refractivity contribution in [2.75, 3.05) is 27.8 Å². The monoisotopic (exact) mass is 531 g/mol. The van der Waals surface area contributed by atoms with E-state index in [0.29, 0.717) is 11.3 Å². The van der Waals surface area contributed by atoms with Gasteiger partial charge in [-0.2, -0.15) is 0 Å². The summed E-state index contributed by atoms with van der Waals surface area (Å²) in [6.45, 7) is 17.4. The molecule has 0 aliphatic carbocycles. The maximum Gasteiger partial charge on any atom is 0.333 e. The number of ether oxygens (including phenoxy) is 2. The number of benzene rings is 1. The summed E-state index contributed by atoms with van der Waals surface area (Å²) in [6.07, 6.45) is 1.77. The average Bonchev–Trinajstić information content (AvgIpc) is 2.84. The van der Waals surface area contributed by atoms with Crippen LogP contribution in [0.25, 0.3) is 0 Å². The zero-order valence-corrected chi connectivity index (χ0v) is 25.4. The molecule has 8 nitrogen and oxygen atoms in total. The van der Waals surface area contributed by atoms with E-state index in [9.17, 15) is 14.4 Å². The molecule has 38 heavy (non-hydrogen) atoms. The molecule has 2 amide bonds. The van der Waals surface area contributed by atoms with E-state index in [2.05, 4.69) is 10.6 Å². The van der Waals surface area contributed by atoms with Gasteiger partial charge in [-0.05, 0) is 49.9 Å². The van der Waals surface area contributed by atoms with Crippen molar-refractivity contribution in [1.29, 1.82) is 0 Å². The summed E-state index contributed by atoms with van der Waals surface area (Å²) in [4.78, 5) is 41.5. The van der Waals surface area contributed by atoms with E-state index in [1.807, 2.05) is 72.7 Å². The topological polar surface area (TPSA) is 97.0 Å². The third-order valence-electron chi connectivity index (χ3n) is 6.98. The van der Waals surface area contributed by atoms with Crippen molar-refractivity contribution in [1.82, 2.24) is 15.5 Å². The van der Waals surface area contributed by atoms with Gasteiger partial charge in [-0.3, -0.25) is 9.59 Å². The zero-order valence-electron chi connectivity index (χ0n) is 25.4. The highest BCUT2D eigenvalue weighted by Gasteiger charge is 2.41. The molecule has 0 aliphatic heterocycles. The Morgan fingerprint density at radius 2 is 1.68 bits per heavy atom. The van der Waals surface area contributed by atoms with Crippen LogP contribution in [-0.2, 0) is 24.5 Å². The molecule has 1 rings (SSSR count). The Kier molecular flexibility index (Phi) is 12.0. The van der Waals surface area contributed by atoms with Crippen LogP contribution in [0.4, 0.5) is 0 Å². The van der Waals surface area contributed by atoms with E-state index in [-0.39, 0.29) is 30.4 Å². The maximum absolute atomic E-state index is 13.9. The Morgan fingerprint density at radius 3 is 2.16 bits per heavy atom. The molecule has 0 heterocycles. The number of carbonyl (C=O) groups excluding carboxylic acids is 3. The molecule has 0 fully saturated rings. The molecule has 1 aromatic rings. The lowest BCUT2D eigenvalue weighted by atomic mass is 9.76. The van der Waals surface area contributed by atoms with Crippen molar-refractivity contribution >= 4 is 17.8 Å². The summed E-state index contributed by atoms with van der Waals surface area (Å²) in [5.41, 5.74) is 0.198.